The van der Waals surface area contributed by atoms with E-state index < -0.39 is 6.10 Å². The molecule has 0 spiro atoms. The Morgan fingerprint density at radius 2 is 1.88 bits per heavy atom. The molecule has 0 aliphatic carbocycles. The first-order valence-electron chi connectivity index (χ1n) is 7.51. The van der Waals surface area contributed by atoms with Crippen molar-refractivity contribution in [1.29, 1.82) is 0 Å². The van der Waals surface area contributed by atoms with Crippen LogP contribution in [-0.2, 0) is 4.79 Å². The Bertz CT molecular complexity index is 747. The maximum absolute atomic E-state index is 12.1. The predicted molar refractivity (Wildman–Crippen MR) is 96.8 cm³/mol. The van der Waals surface area contributed by atoms with Gasteiger partial charge < -0.3 is 14.2 Å². The number of halogens is 1. The number of rotatable bonds is 7. The van der Waals surface area contributed by atoms with Crippen molar-refractivity contribution >= 4 is 23.7 Å². The molecule has 0 saturated heterocycles. The van der Waals surface area contributed by atoms with Gasteiger partial charge in [-0.05, 0) is 43.3 Å². The number of para-hydroxylation sites is 1. The summed E-state index contributed by atoms with van der Waals surface area (Å²) in [5.74, 6) is 1.28. The molecule has 0 bridgehead atoms. The zero-order valence-electron chi connectivity index (χ0n) is 14.2. The van der Waals surface area contributed by atoms with Gasteiger partial charge in [-0.3, -0.25) is 4.79 Å². The normalized spacial score (nSPS) is 11.8. The van der Waals surface area contributed by atoms with E-state index in [1.807, 2.05) is 0 Å². The molecule has 1 atom stereocenters. The van der Waals surface area contributed by atoms with Crippen LogP contribution in [0.15, 0.2) is 47.6 Å². The average Bonchev–Trinajstić information content (AvgIpc) is 2.63. The predicted octanol–water partition coefficient (Wildman–Crippen LogP) is 3.27. The molecule has 7 heteroatoms. The minimum atomic E-state index is -0.717. The number of nitrogens with zero attached hydrogens (tertiary/aromatic N) is 1. The van der Waals surface area contributed by atoms with Crippen LogP contribution in [0.25, 0.3) is 0 Å². The first-order valence-corrected chi connectivity index (χ1v) is 7.89. The summed E-state index contributed by atoms with van der Waals surface area (Å²) in [5, 5.41) is 4.54. The third-order valence-corrected chi connectivity index (χ3v) is 3.56. The summed E-state index contributed by atoms with van der Waals surface area (Å²) < 4.78 is 16.0. The first kappa shape index (κ1) is 18.6. The number of nitrogens with one attached hydrogen (secondary N) is 1. The number of hydrazone groups is 1. The highest BCUT2D eigenvalue weighted by molar-refractivity contribution is 6.30. The SMILES string of the molecule is COc1cccc(C=NNC(=O)C(C)Oc2ccc(Cl)cc2)c1OC. The zero-order valence-corrected chi connectivity index (χ0v) is 14.9. The highest BCUT2D eigenvalue weighted by atomic mass is 35.5. The lowest BCUT2D eigenvalue weighted by Gasteiger charge is -2.13. The lowest BCUT2D eigenvalue weighted by molar-refractivity contribution is -0.127. The summed E-state index contributed by atoms with van der Waals surface area (Å²) in [6.45, 7) is 1.63. The summed E-state index contributed by atoms with van der Waals surface area (Å²) >= 11 is 5.81. The maximum atomic E-state index is 12.1. The van der Waals surface area contributed by atoms with Crippen LogP contribution < -0.4 is 19.6 Å². The van der Waals surface area contributed by atoms with Crippen LogP contribution in [0.2, 0.25) is 5.02 Å². The topological polar surface area (TPSA) is 69.2 Å². The summed E-state index contributed by atoms with van der Waals surface area (Å²) in [4.78, 5) is 12.1. The number of amides is 1. The second kappa shape index (κ2) is 8.94. The Kier molecular flexibility index (Phi) is 6.65. The molecular formula is C18H19ClN2O4. The Morgan fingerprint density at radius 3 is 2.52 bits per heavy atom. The molecule has 2 aromatic rings. The molecule has 6 nitrogen and oxygen atoms in total. The van der Waals surface area contributed by atoms with E-state index >= 15 is 0 Å². The fourth-order valence-corrected chi connectivity index (χ4v) is 2.17. The van der Waals surface area contributed by atoms with Crippen molar-refractivity contribution < 1.29 is 19.0 Å². The molecule has 0 aliphatic heterocycles. The highest BCUT2D eigenvalue weighted by Crippen LogP contribution is 2.29. The van der Waals surface area contributed by atoms with Gasteiger partial charge in [-0.1, -0.05) is 17.7 Å². The van der Waals surface area contributed by atoms with E-state index in [-0.39, 0.29) is 5.91 Å². The molecule has 132 valence electrons. The lowest BCUT2D eigenvalue weighted by atomic mass is 10.2. The maximum Gasteiger partial charge on any atom is 0.280 e. The first-order chi connectivity index (χ1) is 12.0. The van der Waals surface area contributed by atoms with Crippen molar-refractivity contribution in [3.05, 3.63) is 53.1 Å². The van der Waals surface area contributed by atoms with Gasteiger partial charge in [0.1, 0.15) is 5.75 Å². The molecule has 0 saturated carbocycles. The van der Waals surface area contributed by atoms with Crippen LogP contribution in [0, 0.1) is 0 Å². The molecular weight excluding hydrogens is 344 g/mol. The monoisotopic (exact) mass is 362 g/mol. The molecule has 1 N–H and O–H groups in total. The van der Waals surface area contributed by atoms with Gasteiger partial charge in [0.15, 0.2) is 17.6 Å². The van der Waals surface area contributed by atoms with E-state index in [1.54, 1.807) is 56.5 Å². The van der Waals surface area contributed by atoms with Crippen LogP contribution in [0.3, 0.4) is 0 Å². The molecule has 0 radical (unpaired) electrons. The van der Waals surface area contributed by atoms with Gasteiger partial charge in [-0.25, -0.2) is 5.43 Å². The summed E-state index contributed by atoms with van der Waals surface area (Å²) in [7, 11) is 3.09. The number of hydrogen-bond donors (Lipinski definition) is 1. The molecule has 2 rings (SSSR count). The number of benzene rings is 2. The van der Waals surface area contributed by atoms with Gasteiger partial charge in [0, 0.05) is 10.6 Å². The Hall–Kier alpha value is -2.73. The van der Waals surface area contributed by atoms with E-state index in [0.29, 0.717) is 27.8 Å². The van der Waals surface area contributed by atoms with E-state index in [2.05, 4.69) is 10.5 Å². The van der Waals surface area contributed by atoms with Crippen molar-refractivity contribution in [3.8, 4) is 17.2 Å². The molecule has 0 aromatic heterocycles. The van der Waals surface area contributed by atoms with E-state index in [0.717, 1.165) is 0 Å². The smallest absolute Gasteiger partial charge is 0.280 e. The Morgan fingerprint density at radius 1 is 1.16 bits per heavy atom. The number of ether oxygens (including phenoxy) is 3. The lowest BCUT2D eigenvalue weighted by Crippen LogP contribution is -2.33. The number of carbonyl (C=O) groups excluding carboxylic acids is 1. The van der Waals surface area contributed by atoms with E-state index in [1.165, 1.54) is 13.3 Å². The van der Waals surface area contributed by atoms with Crippen LogP contribution >= 0.6 is 11.6 Å². The van der Waals surface area contributed by atoms with Gasteiger partial charge in [-0.2, -0.15) is 5.10 Å². The molecule has 1 unspecified atom stereocenters. The molecule has 25 heavy (non-hydrogen) atoms. The van der Waals surface area contributed by atoms with E-state index in [9.17, 15) is 4.79 Å². The largest absolute Gasteiger partial charge is 0.493 e. The van der Waals surface area contributed by atoms with Crippen LogP contribution in [0.1, 0.15) is 12.5 Å². The van der Waals surface area contributed by atoms with Crippen LogP contribution in [0.5, 0.6) is 17.2 Å². The van der Waals surface area contributed by atoms with Gasteiger partial charge in [0.25, 0.3) is 5.91 Å². The highest BCUT2D eigenvalue weighted by Gasteiger charge is 2.14. The molecule has 0 aliphatic rings. The number of methoxy groups -OCH3 is 2. The van der Waals surface area contributed by atoms with Gasteiger partial charge in [0.2, 0.25) is 0 Å². The molecule has 2 aromatic carbocycles. The standard InChI is InChI=1S/C18H19ClN2O4/c1-12(25-15-9-7-14(19)8-10-15)18(22)21-20-11-13-5-4-6-16(23-2)17(13)24-3/h4-12H,1-3H3,(H,21,22). The average molecular weight is 363 g/mol. The van der Waals surface area contributed by atoms with E-state index in [4.69, 9.17) is 25.8 Å². The van der Waals surface area contributed by atoms with Crippen molar-refractivity contribution in [1.82, 2.24) is 5.43 Å². The van der Waals surface area contributed by atoms with Crippen molar-refractivity contribution in [2.24, 2.45) is 5.10 Å². The third kappa shape index (κ3) is 5.12. The van der Waals surface area contributed by atoms with Crippen molar-refractivity contribution in [2.75, 3.05) is 14.2 Å². The second-order valence-electron chi connectivity index (χ2n) is 5.03. The fraction of sp³-hybridized carbons (Fsp3) is 0.222. The molecule has 0 heterocycles. The Balaban J connectivity index is 1.97. The van der Waals surface area contributed by atoms with Gasteiger partial charge in [0.05, 0.1) is 20.4 Å². The Labute approximate surface area is 151 Å². The summed E-state index contributed by atoms with van der Waals surface area (Å²) in [6, 6.07) is 12.1. The quantitative estimate of drug-likeness (QED) is 0.606. The van der Waals surface area contributed by atoms with Crippen LogP contribution in [-0.4, -0.2) is 32.4 Å². The minimum absolute atomic E-state index is 0.381. The molecule has 0 fully saturated rings. The molecule has 1 amide bonds. The third-order valence-electron chi connectivity index (χ3n) is 3.31. The zero-order chi connectivity index (χ0) is 18.2. The minimum Gasteiger partial charge on any atom is -0.493 e. The number of carbonyl (C=O) groups is 1. The summed E-state index contributed by atoms with van der Waals surface area (Å²) in [5.41, 5.74) is 3.11. The van der Waals surface area contributed by atoms with Crippen molar-refractivity contribution in [3.63, 3.8) is 0 Å². The second-order valence-corrected chi connectivity index (χ2v) is 5.47. The van der Waals surface area contributed by atoms with Gasteiger partial charge in [-0.15, -0.1) is 0 Å². The van der Waals surface area contributed by atoms with Crippen LogP contribution in [0.4, 0.5) is 0 Å². The summed E-state index contributed by atoms with van der Waals surface area (Å²) in [6.07, 6.45) is 0.763. The van der Waals surface area contributed by atoms with Crippen molar-refractivity contribution in [2.45, 2.75) is 13.0 Å². The fourth-order valence-electron chi connectivity index (χ4n) is 2.04. The van der Waals surface area contributed by atoms with Gasteiger partial charge >= 0.3 is 0 Å². The number of hydrogen-bond acceptors (Lipinski definition) is 5.